The standard InChI is InChI=1S/C10H11ClFNO2/c1-13-5-7(10(14)15)6-2-3-9(12)8(11)4-6/h2-4,7,13H,5H2,1H3,(H,14,15). The van der Waals surface area contributed by atoms with E-state index in [0.717, 1.165) is 0 Å². The molecule has 0 aliphatic heterocycles. The fourth-order valence-corrected chi connectivity index (χ4v) is 1.47. The zero-order chi connectivity index (χ0) is 11.4. The van der Waals surface area contributed by atoms with E-state index in [-0.39, 0.29) is 11.6 Å². The Morgan fingerprint density at radius 3 is 2.80 bits per heavy atom. The summed E-state index contributed by atoms with van der Waals surface area (Å²) in [4.78, 5) is 10.9. The summed E-state index contributed by atoms with van der Waals surface area (Å²) in [5, 5.41) is 11.6. The molecule has 3 nitrogen and oxygen atoms in total. The Morgan fingerprint density at radius 2 is 2.33 bits per heavy atom. The minimum Gasteiger partial charge on any atom is -0.481 e. The summed E-state index contributed by atoms with van der Waals surface area (Å²) in [5.41, 5.74) is 0.489. The molecule has 1 atom stereocenters. The van der Waals surface area contributed by atoms with E-state index in [0.29, 0.717) is 5.56 Å². The van der Waals surface area contributed by atoms with Crippen LogP contribution in [0, 0.1) is 5.82 Å². The topological polar surface area (TPSA) is 49.3 Å². The maximum atomic E-state index is 12.9. The summed E-state index contributed by atoms with van der Waals surface area (Å²) in [5.74, 6) is -2.23. The van der Waals surface area contributed by atoms with Crippen molar-refractivity contribution in [1.29, 1.82) is 0 Å². The SMILES string of the molecule is CNCC(C(=O)O)c1ccc(F)c(Cl)c1. The van der Waals surface area contributed by atoms with Gasteiger partial charge in [-0.05, 0) is 24.7 Å². The lowest BCUT2D eigenvalue weighted by molar-refractivity contribution is -0.138. The van der Waals surface area contributed by atoms with Crippen LogP contribution in [0.3, 0.4) is 0 Å². The molecule has 0 spiro atoms. The van der Waals surface area contributed by atoms with Gasteiger partial charge in [-0.3, -0.25) is 4.79 Å². The van der Waals surface area contributed by atoms with Crippen molar-refractivity contribution in [2.75, 3.05) is 13.6 Å². The highest BCUT2D eigenvalue weighted by Gasteiger charge is 2.19. The van der Waals surface area contributed by atoms with Gasteiger partial charge in [0.1, 0.15) is 5.82 Å². The fraction of sp³-hybridized carbons (Fsp3) is 0.300. The molecular formula is C10H11ClFNO2. The summed E-state index contributed by atoms with van der Waals surface area (Å²) in [7, 11) is 1.65. The Kier molecular flexibility index (Phi) is 4.05. The molecule has 0 saturated carbocycles. The van der Waals surface area contributed by atoms with Gasteiger partial charge >= 0.3 is 5.97 Å². The van der Waals surface area contributed by atoms with Crippen LogP contribution in [0.5, 0.6) is 0 Å². The first-order valence-corrected chi connectivity index (χ1v) is 4.76. The van der Waals surface area contributed by atoms with Crippen LogP contribution in [0.2, 0.25) is 5.02 Å². The third-order valence-electron chi connectivity index (χ3n) is 2.05. The lowest BCUT2D eigenvalue weighted by Crippen LogP contribution is -2.24. The summed E-state index contributed by atoms with van der Waals surface area (Å²) in [6, 6.07) is 3.94. The molecule has 0 amide bonds. The molecule has 1 aromatic carbocycles. The third-order valence-corrected chi connectivity index (χ3v) is 2.34. The van der Waals surface area contributed by atoms with E-state index < -0.39 is 17.7 Å². The quantitative estimate of drug-likeness (QED) is 0.832. The minimum atomic E-state index is -0.966. The molecule has 0 bridgehead atoms. The van der Waals surface area contributed by atoms with E-state index in [1.54, 1.807) is 7.05 Å². The summed E-state index contributed by atoms with van der Waals surface area (Å²) < 4.78 is 12.9. The second-order valence-corrected chi connectivity index (χ2v) is 3.53. The molecule has 1 unspecified atom stereocenters. The molecule has 0 aromatic heterocycles. The lowest BCUT2D eigenvalue weighted by atomic mass is 9.99. The minimum absolute atomic E-state index is 0.0603. The predicted octanol–water partition coefficient (Wildman–Crippen LogP) is 1.87. The van der Waals surface area contributed by atoms with E-state index in [2.05, 4.69) is 5.32 Å². The Hall–Kier alpha value is -1.13. The van der Waals surface area contributed by atoms with Crippen LogP contribution in [-0.2, 0) is 4.79 Å². The largest absolute Gasteiger partial charge is 0.481 e. The molecule has 5 heteroatoms. The van der Waals surface area contributed by atoms with Crippen LogP contribution in [-0.4, -0.2) is 24.7 Å². The summed E-state index contributed by atoms with van der Waals surface area (Å²) in [6.07, 6.45) is 0. The number of halogens is 2. The normalized spacial score (nSPS) is 12.5. The first kappa shape index (κ1) is 11.9. The van der Waals surface area contributed by atoms with Crippen LogP contribution in [0.4, 0.5) is 4.39 Å². The molecule has 0 saturated heterocycles. The smallest absolute Gasteiger partial charge is 0.312 e. The van der Waals surface area contributed by atoms with Crippen LogP contribution < -0.4 is 5.32 Å². The molecule has 0 fully saturated rings. The van der Waals surface area contributed by atoms with Crippen LogP contribution in [0.1, 0.15) is 11.5 Å². The van der Waals surface area contributed by atoms with Crippen molar-refractivity contribution >= 4 is 17.6 Å². The lowest BCUT2D eigenvalue weighted by Gasteiger charge is -2.12. The number of hydrogen-bond acceptors (Lipinski definition) is 2. The van der Waals surface area contributed by atoms with E-state index in [4.69, 9.17) is 16.7 Å². The Morgan fingerprint density at radius 1 is 1.67 bits per heavy atom. The highest BCUT2D eigenvalue weighted by atomic mass is 35.5. The van der Waals surface area contributed by atoms with Gasteiger partial charge in [0.25, 0.3) is 0 Å². The van der Waals surface area contributed by atoms with Gasteiger partial charge in [-0.15, -0.1) is 0 Å². The third kappa shape index (κ3) is 2.91. The van der Waals surface area contributed by atoms with Gasteiger partial charge in [0, 0.05) is 6.54 Å². The number of benzene rings is 1. The highest BCUT2D eigenvalue weighted by molar-refractivity contribution is 6.30. The Bertz CT molecular complexity index is 370. The molecule has 15 heavy (non-hydrogen) atoms. The number of carboxylic acids is 1. The van der Waals surface area contributed by atoms with Crippen molar-refractivity contribution in [3.05, 3.63) is 34.6 Å². The van der Waals surface area contributed by atoms with Crippen molar-refractivity contribution < 1.29 is 14.3 Å². The zero-order valence-electron chi connectivity index (χ0n) is 8.13. The maximum Gasteiger partial charge on any atom is 0.312 e. The molecule has 2 N–H and O–H groups in total. The number of nitrogens with one attached hydrogen (secondary N) is 1. The fourth-order valence-electron chi connectivity index (χ4n) is 1.28. The summed E-state index contributed by atoms with van der Waals surface area (Å²) >= 11 is 5.57. The van der Waals surface area contributed by atoms with Gasteiger partial charge in [0.05, 0.1) is 10.9 Å². The van der Waals surface area contributed by atoms with Crippen molar-refractivity contribution in [1.82, 2.24) is 5.32 Å². The van der Waals surface area contributed by atoms with Crippen molar-refractivity contribution in [2.24, 2.45) is 0 Å². The first-order chi connectivity index (χ1) is 7.06. The number of carboxylic acid groups (broad SMARTS) is 1. The molecule has 0 heterocycles. The van der Waals surface area contributed by atoms with Gasteiger partial charge in [0.15, 0.2) is 0 Å². The average Bonchev–Trinajstić information content (AvgIpc) is 2.18. The molecule has 82 valence electrons. The number of aliphatic carboxylic acids is 1. The first-order valence-electron chi connectivity index (χ1n) is 4.38. The molecule has 0 aliphatic rings. The summed E-state index contributed by atoms with van der Waals surface area (Å²) in [6.45, 7) is 0.275. The van der Waals surface area contributed by atoms with Gasteiger partial charge < -0.3 is 10.4 Å². The van der Waals surface area contributed by atoms with Gasteiger partial charge in [-0.25, -0.2) is 4.39 Å². The van der Waals surface area contributed by atoms with Crippen LogP contribution in [0.25, 0.3) is 0 Å². The molecule has 0 radical (unpaired) electrons. The molecule has 1 aromatic rings. The molecular weight excluding hydrogens is 221 g/mol. The van der Waals surface area contributed by atoms with E-state index in [1.807, 2.05) is 0 Å². The van der Waals surface area contributed by atoms with Crippen molar-refractivity contribution in [3.63, 3.8) is 0 Å². The van der Waals surface area contributed by atoms with E-state index >= 15 is 0 Å². The number of carbonyl (C=O) groups is 1. The zero-order valence-corrected chi connectivity index (χ0v) is 8.88. The highest BCUT2D eigenvalue weighted by Crippen LogP contribution is 2.22. The van der Waals surface area contributed by atoms with Crippen LogP contribution in [0.15, 0.2) is 18.2 Å². The van der Waals surface area contributed by atoms with E-state index in [1.165, 1.54) is 18.2 Å². The van der Waals surface area contributed by atoms with Gasteiger partial charge in [-0.1, -0.05) is 17.7 Å². The van der Waals surface area contributed by atoms with Crippen LogP contribution >= 0.6 is 11.6 Å². The average molecular weight is 232 g/mol. The number of likely N-dealkylation sites (N-methyl/N-ethyl adjacent to an activating group) is 1. The number of rotatable bonds is 4. The van der Waals surface area contributed by atoms with E-state index in [9.17, 15) is 9.18 Å². The molecule has 1 rings (SSSR count). The van der Waals surface area contributed by atoms with Crippen molar-refractivity contribution in [2.45, 2.75) is 5.92 Å². The molecule has 0 aliphatic carbocycles. The second kappa shape index (κ2) is 5.09. The van der Waals surface area contributed by atoms with Gasteiger partial charge in [-0.2, -0.15) is 0 Å². The monoisotopic (exact) mass is 231 g/mol. The number of hydrogen-bond donors (Lipinski definition) is 2. The Balaban J connectivity index is 3.01. The Labute approximate surface area is 91.9 Å². The maximum absolute atomic E-state index is 12.9. The predicted molar refractivity (Wildman–Crippen MR) is 55.7 cm³/mol. The van der Waals surface area contributed by atoms with Crippen molar-refractivity contribution in [3.8, 4) is 0 Å². The van der Waals surface area contributed by atoms with Gasteiger partial charge in [0.2, 0.25) is 0 Å². The second-order valence-electron chi connectivity index (χ2n) is 3.12.